The lowest BCUT2D eigenvalue weighted by Gasteiger charge is -2.16. The molecule has 0 aliphatic carbocycles. The van der Waals surface area contributed by atoms with Crippen molar-refractivity contribution >= 4 is 5.82 Å². The number of aromatic nitrogens is 2. The Kier molecular flexibility index (Phi) is 2.40. The molecule has 1 aliphatic rings. The van der Waals surface area contributed by atoms with Crippen molar-refractivity contribution in [3.05, 3.63) is 18.1 Å². The molecule has 3 nitrogen and oxygen atoms in total. The lowest BCUT2D eigenvalue weighted by molar-refractivity contribution is 0.494. The maximum atomic E-state index is 4.39. The van der Waals surface area contributed by atoms with E-state index >= 15 is 0 Å². The lowest BCUT2D eigenvalue weighted by atomic mass is 10.0. The first-order valence-electron chi connectivity index (χ1n) is 5.20. The fraction of sp³-hybridized carbons (Fsp3) is 0.636. The third-order valence-electron chi connectivity index (χ3n) is 3.08. The maximum Gasteiger partial charge on any atom is 0.147 e. The molecule has 2 atom stereocenters. The molecule has 2 unspecified atom stereocenters. The van der Waals surface area contributed by atoms with Crippen molar-refractivity contribution < 1.29 is 0 Å². The zero-order valence-electron chi connectivity index (χ0n) is 9.07. The molecular weight excluding hydrogens is 174 g/mol. The van der Waals surface area contributed by atoms with Crippen LogP contribution in [-0.2, 0) is 0 Å². The molecular formula is C11H17N3. The van der Waals surface area contributed by atoms with Gasteiger partial charge in [0.2, 0.25) is 0 Å². The highest BCUT2D eigenvalue weighted by Crippen LogP contribution is 2.25. The summed E-state index contributed by atoms with van der Waals surface area (Å²) in [6, 6.07) is 0. The average Bonchev–Trinajstić information content (AvgIpc) is 2.48. The van der Waals surface area contributed by atoms with E-state index in [2.05, 4.69) is 28.7 Å². The molecule has 2 heterocycles. The van der Waals surface area contributed by atoms with E-state index in [-0.39, 0.29) is 0 Å². The highest BCUT2D eigenvalue weighted by atomic mass is 15.2. The minimum Gasteiger partial charge on any atom is -0.355 e. The highest BCUT2D eigenvalue weighted by Gasteiger charge is 2.26. The van der Waals surface area contributed by atoms with Crippen LogP contribution in [0, 0.1) is 18.8 Å². The summed E-state index contributed by atoms with van der Waals surface area (Å²) >= 11 is 0. The summed E-state index contributed by atoms with van der Waals surface area (Å²) in [4.78, 5) is 11.0. The fourth-order valence-electron chi connectivity index (χ4n) is 1.87. The Morgan fingerprint density at radius 2 is 1.79 bits per heavy atom. The molecule has 0 saturated carbocycles. The summed E-state index contributed by atoms with van der Waals surface area (Å²) in [6.45, 7) is 8.78. The number of hydrogen-bond donors (Lipinski definition) is 0. The summed E-state index contributed by atoms with van der Waals surface area (Å²) in [5.74, 6) is 2.54. The van der Waals surface area contributed by atoms with Crippen LogP contribution in [0.25, 0.3) is 0 Å². The van der Waals surface area contributed by atoms with Gasteiger partial charge in [0.1, 0.15) is 5.82 Å². The Labute approximate surface area is 85.2 Å². The zero-order chi connectivity index (χ0) is 10.1. The Balaban J connectivity index is 2.13. The van der Waals surface area contributed by atoms with Crippen LogP contribution in [0.2, 0.25) is 0 Å². The van der Waals surface area contributed by atoms with Crippen LogP contribution >= 0.6 is 0 Å². The van der Waals surface area contributed by atoms with Crippen molar-refractivity contribution in [1.29, 1.82) is 0 Å². The topological polar surface area (TPSA) is 29.0 Å². The molecule has 1 aromatic heterocycles. The van der Waals surface area contributed by atoms with E-state index in [0.717, 1.165) is 36.4 Å². The predicted molar refractivity (Wildman–Crippen MR) is 57.3 cm³/mol. The van der Waals surface area contributed by atoms with Gasteiger partial charge in [-0.05, 0) is 18.8 Å². The van der Waals surface area contributed by atoms with Gasteiger partial charge in [-0.3, -0.25) is 4.98 Å². The number of aryl methyl sites for hydroxylation is 1. The van der Waals surface area contributed by atoms with E-state index in [0.29, 0.717) is 0 Å². The van der Waals surface area contributed by atoms with Crippen molar-refractivity contribution in [2.24, 2.45) is 11.8 Å². The molecule has 0 radical (unpaired) electrons. The van der Waals surface area contributed by atoms with Crippen LogP contribution in [0.3, 0.4) is 0 Å². The van der Waals surface area contributed by atoms with E-state index in [9.17, 15) is 0 Å². The summed E-state index contributed by atoms with van der Waals surface area (Å²) in [5, 5.41) is 0. The number of anilines is 1. The normalized spacial score (nSPS) is 26.9. The largest absolute Gasteiger partial charge is 0.355 e. The molecule has 0 aromatic carbocycles. The molecule has 0 N–H and O–H groups in total. The second-order valence-electron chi connectivity index (χ2n) is 4.38. The smallest absolute Gasteiger partial charge is 0.147 e. The second-order valence-corrected chi connectivity index (χ2v) is 4.38. The number of rotatable bonds is 1. The van der Waals surface area contributed by atoms with Gasteiger partial charge < -0.3 is 4.90 Å². The van der Waals surface area contributed by atoms with Crippen molar-refractivity contribution in [1.82, 2.24) is 9.97 Å². The van der Waals surface area contributed by atoms with Crippen LogP contribution < -0.4 is 4.90 Å². The molecule has 3 heteroatoms. The Morgan fingerprint density at radius 3 is 2.29 bits per heavy atom. The van der Waals surface area contributed by atoms with Crippen molar-refractivity contribution in [3.8, 4) is 0 Å². The average molecular weight is 191 g/mol. The van der Waals surface area contributed by atoms with E-state index in [1.807, 2.05) is 19.3 Å². The maximum absolute atomic E-state index is 4.39. The summed E-state index contributed by atoms with van der Waals surface area (Å²) < 4.78 is 0. The molecule has 0 bridgehead atoms. The van der Waals surface area contributed by atoms with Crippen LogP contribution in [0.5, 0.6) is 0 Å². The molecule has 1 fully saturated rings. The van der Waals surface area contributed by atoms with Crippen molar-refractivity contribution in [3.63, 3.8) is 0 Å². The molecule has 1 aromatic rings. The first kappa shape index (κ1) is 9.44. The molecule has 76 valence electrons. The zero-order valence-corrected chi connectivity index (χ0v) is 9.07. The summed E-state index contributed by atoms with van der Waals surface area (Å²) in [7, 11) is 0. The molecule has 0 amide bonds. The van der Waals surface area contributed by atoms with Crippen LogP contribution in [0.4, 0.5) is 5.82 Å². The highest BCUT2D eigenvalue weighted by molar-refractivity contribution is 5.37. The van der Waals surface area contributed by atoms with E-state index < -0.39 is 0 Å². The van der Waals surface area contributed by atoms with Gasteiger partial charge in [0.05, 0.1) is 18.1 Å². The van der Waals surface area contributed by atoms with Gasteiger partial charge >= 0.3 is 0 Å². The summed E-state index contributed by atoms with van der Waals surface area (Å²) in [5.41, 5.74) is 0.981. The van der Waals surface area contributed by atoms with E-state index in [4.69, 9.17) is 0 Å². The van der Waals surface area contributed by atoms with Crippen LogP contribution in [-0.4, -0.2) is 23.1 Å². The summed E-state index contributed by atoms with van der Waals surface area (Å²) in [6.07, 6.45) is 3.71. The number of hydrogen-bond acceptors (Lipinski definition) is 3. The van der Waals surface area contributed by atoms with Gasteiger partial charge in [-0.1, -0.05) is 13.8 Å². The fourth-order valence-corrected chi connectivity index (χ4v) is 1.87. The quantitative estimate of drug-likeness (QED) is 0.678. The SMILES string of the molecule is Cc1cnc(N2CC(C)C(C)C2)cn1. The van der Waals surface area contributed by atoms with E-state index in [1.54, 1.807) is 0 Å². The first-order chi connectivity index (χ1) is 6.66. The molecule has 0 spiro atoms. The lowest BCUT2D eigenvalue weighted by Crippen LogP contribution is -2.20. The minimum atomic E-state index is 0.762. The minimum absolute atomic E-state index is 0.762. The number of nitrogens with zero attached hydrogens (tertiary/aromatic N) is 3. The third-order valence-corrected chi connectivity index (χ3v) is 3.08. The van der Waals surface area contributed by atoms with Crippen LogP contribution in [0.1, 0.15) is 19.5 Å². The molecule has 1 saturated heterocycles. The van der Waals surface area contributed by atoms with Crippen molar-refractivity contribution in [2.45, 2.75) is 20.8 Å². The monoisotopic (exact) mass is 191 g/mol. The van der Waals surface area contributed by atoms with Gasteiger partial charge in [0, 0.05) is 13.1 Å². The Bertz CT molecular complexity index is 297. The standard InChI is InChI=1S/C11H17N3/c1-8-6-14(7-9(8)2)11-5-12-10(3)4-13-11/h4-5,8-9H,6-7H2,1-3H3. The Hall–Kier alpha value is -1.12. The van der Waals surface area contributed by atoms with Gasteiger partial charge in [0.25, 0.3) is 0 Å². The van der Waals surface area contributed by atoms with E-state index in [1.165, 1.54) is 0 Å². The molecule has 14 heavy (non-hydrogen) atoms. The molecule has 2 rings (SSSR count). The van der Waals surface area contributed by atoms with Gasteiger partial charge in [-0.15, -0.1) is 0 Å². The second kappa shape index (κ2) is 3.56. The van der Waals surface area contributed by atoms with Gasteiger partial charge in [0.15, 0.2) is 0 Å². The predicted octanol–water partition coefficient (Wildman–Crippen LogP) is 1.88. The van der Waals surface area contributed by atoms with Crippen LogP contribution in [0.15, 0.2) is 12.4 Å². The van der Waals surface area contributed by atoms with Gasteiger partial charge in [-0.2, -0.15) is 0 Å². The van der Waals surface area contributed by atoms with Gasteiger partial charge in [-0.25, -0.2) is 4.98 Å². The Morgan fingerprint density at radius 1 is 1.14 bits per heavy atom. The third kappa shape index (κ3) is 1.72. The molecule has 1 aliphatic heterocycles. The first-order valence-corrected chi connectivity index (χ1v) is 5.20. The van der Waals surface area contributed by atoms with Crippen molar-refractivity contribution in [2.75, 3.05) is 18.0 Å².